The van der Waals surface area contributed by atoms with Gasteiger partial charge in [-0.15, -0.1) is 0 Å². The van der Waals surface area contributed by atoms with Gasteiger partial charge in [-0.1, -0.05) is 15.9 Å². The number of benzene rings is 1. The van der Waals surface area contributed by atoms with E-state index in [-0.39, 0.29) is 17.9 Å². The van der Waals surface area contributed by atoms with E-state index in [1.807, 2.05) is 0 Å². The van der Waals surface area contributed by atoms with Gasteiger partial charge >= 0.3 is 0 Å². The van der Waals surface area contributed by atoms with Gasteiger partial charge in [0.05, 0.1) is 5.52 Å². The Morgan fingerprint density at radius 2 is 1.96 bits per heavy atom. The lowest BCUT2D eigenvalue weighted by molar-refractivity contribution is 0.0947. The summed E-state index contributed by atoms with van der Waals surface area (Å²) in [5, 5.41) is 13.4. The quantitative estimate of drug-likeness (QED) is 0.569. The minimum atomic E-state index is -0.657. The second kappa shape index (κ2) is 6.74. The maximum Gasteiger partial charge on any atom is 0.265 e. The first-order chi connectivity index (χ1) is 11.5. The highest BCUT2D eigenvalue weighted by atomic mass is 79.9. The summed E-state index contributed by atoms with van der Waals surface area (Å²) in [6, 6.07) is 6.86. The lowest BCUT2D eigenvalue weighted by Gasteiger charge is -2.10. The van der Waals surface area contributed by atoms with Crippen LogP contribution in [0.15, 0.2) is 50.4 Å². The van der Waals surface area contributed by atoms with Crippen LogP contribution >= 0.6 is 31.9 Å². The minimum absolute atomic E-state index is 0.223. The highest BCUT2D eigenvalue weighted by Gasteiger charge is 2.20. The van der Waals surface area contributed by atoms with Crippen LogP contribution in [-0.2, 0) is 6.54 Å². The van der Waals surface area contributed by atoms with Crippen LogP contribution in [0.3, 0.4) is 0 Å². The lowest BCUT2D eigenvalue weighted by atomic mass is 10.1. The Hall–Kier alpha value is -2.19. The zero-order valence-corrected chi connectivity index (χ0v) is 15.3. The first kappa shape index (κ1) is 16.7. The van der Waals surface area contributed by atoms with E-state index in [0.29, 0.717) is 19.8 Å². The number of nitrogens with zero attached hydrogens (tertiary/aromatic N) is 1. The predicted molar refractivity (Wildman–Crippen MR) is 97.0 cm³/mol. The third kappa shape index (κ3) is 3.20. The Bertz CT molecular complexity index is 987. The Morgan fingerprint density at radius 3 is 2.67 bits per heavy atom. The van der Waals surface area contributed by atoms with Gasteiger partial charge in [-0.2, -0.15) is 0 Å². The van der Waals surface area contributed by atoms with Crippen LogP contribution in [0, 0.1) is 0 Å². The van der Waals surface area contributed by atoms with E-state index in [4.69, 9.17) is 0 Å². The number of aromatic amines is 1. The third-order valence-electron chi connectivity index (χ3n) is 3.44. The summed E-state index contributed by atoms with van der Waals surface area (Å²) < 4.78 is 1.30. The van der Waals surface area contributed by atoms with E-state index in [1.165, 1.54) is 0 Å². The number of carbonyl (C=O) groups is 1. The fraction of sp³-hybridized carbons (Fsp3) is 0.0625. The van der Waals surface area contributed by atoms with Crippen molar-refractivity contribution in [3.63, 3.8) is 0 Å². The van der Waals surface area contributed by atoms with Gasteiger partial charge in [-0.25, -0.2) is 0 Å². The largest absolute Gasteiger partial charge is 0.506 e. The van der Waals surface area contributed by atoms with Crippen molar-refractivity contribution in [1.29, 1.82) is 0 Å². The van der Waals surface area contributed by atoms with Gasteiger partial charge in [-0.05, 0) is 45.8 Å². The minimum Gasteiger partial charge on any atom is -0.506 e. The molecule has 0 saturated carbocycles. The van der Waals surface area contributed by atoms with Crippen LogP contribution in [0.1, 0.15) is 15.9 Å². The Morgan fingerprint density at radius 1 is 1.25 bits per heavy atom. The molecule has 0 aliphatic carbocycles. The van der Waals surface area contributed by atoms with Crippen molar-refractivity contribution in [3.8, 4) is 5.75 Å². The number of rotatable bonds is 3. The second-order valence-electron chi connectivity index (χ2n) is 5.03. The van der Waals surface area contributed by atoms with E-state index in [1.54, 1.807) is 36.7 Å². The molecule has 24 heavy (non-hydrogen) atoms. The van der Waals surface area contributed by atoms with Gasteiger partial charge in [-0.3, -0.25) is 14.6 Å². The van der Waals surface area contributed by atoms with Crippen LogP contribution in [-0.4, -0.2) is 21.0 Å². The Balaban J connectivity index is 2.00. The zero-order valence-electron chi connectivity index (χ0n) is 12.1. The fourth-order valence-electron chi connectivity index (χ4n) is 2.29. The van der Waals surface area contributed by atoms with Crippen molar-refractivity contribution in [2.45, 2.75) is 6.54 Å². The maximum atomic E-state index is 12.3. The molecule has 2 aromatic heterocycles. The fourth-order valence-corrected chi connectivity index (χ4v) is 3.61. The van der Waals surface area contributed by atoms with Gasteiger partial charge in [0.1, 0.15) is 11.3 Å². The van der Waals surface area contributed by atoms with Crippen LogP contribution in [0.5, 0.6) is 5.75 Å². The number of H-pyrrole nitrogens is 1. The number of nitrogens with one attached hydrogen (secondary N) is 2. The summed E-state index contributed by atoms with van der Waals surface area (Å²) in [7, 11) is 0. The lowest BCUT2D eigenvalue weighted by Crippen LogP contribution is -2.29. The first-order valence-electron chi connectivity index (χ1n) is 6.88. The molecule has 0 bridgehead atoms. The highest BCUT2D eigenvalue weighted by molar-refractivity contribution is 9.11. The maximum absolute atomic E-state index is 12.3. The molecule has 0 atom stereocenters. The van der Waals surface area contributed by atoms with Crippen LogP contribution < -0.4 is 10.9 Å². The normalized spacial score (nSPS) is 10.8. The molecule has 2 heterocycles. The van der Waals surface area contributed by atoms with Crippen molar-refractivity contribution >= 4 is 48.7 Å². The highest BCUT2D eigenvalue weighted by Crippen LogP contribution is 2.32. The summed E-state index contributed by atoms with van der Waals surface area (Å²) in [5.74, 6) is -1.01. The molecule has 3 N–H and O–H groups in total. The standard InChI is InChI=1S/C16H11Br2N3O3/c17-9-5-10-13(11(18)6-9)21-16(24)12(14(10)22)15(23)20-7-8-1-3-19-4-2-8/h1-6H,7H2,(H,20,23)(H2,21,22,24). The van der Waals surface area contributed by atoms with Crippen molar-refractivity contribution in [2.75, 3.05) is 0 Å². The van der Waals surface area contributed by atoms with Crippen molar-refractivity contribution < 1.29 is 9.90 Å². The molecule has 0 saturated heterocycles. The van der Waals surface area contributed by atoms with Gasteiger partial charge < -0.3 is 15.4 Å². The third-order valence-corrected chi connectivity index (χ3v) is 4.53. The molecule has 0 radical (unpaired) electrons. The smallest absolute Gasteiger partial charge is 0.265 e. The van der Waals surface area contributed by atoms with Gasteiger partial charge in [0.2, 0.25) is 0 Å². The molecule has 0 aliphatic heterocycles. The molecule has 1 amide bonds. The van der Waals surface area contributed by atoms with E-state index in [9.17, 15) is 14.7 Å². The molecule has 0 spiro atoms. The first-order valence-corrected chi connectivity index (χ1v) is 8.47. The topological polar surface area (TPSA) is 95.1 Å². The van der Waals surface area contributed by atoms with Crippen LogP contribution in [0.4, 0.5) is 0 Å². The Labute approximate surface area is 153 Å². The predicted octanol–water partition coefficient (Wildman–Crippen LogP) is 3.08. The molecular weight excluding hydrogens is 442 g/mol. The number of fused-ring (bicyclic) bond motifs is 1. The Kier molecular flexibility index (Phi) is 4.68. The average molecular weight is 453 g/mol. The number of hydrogen-bond acceptors (Lipinski definition) is 4. The molecule has 8 heteroatoms. The number of pyridine rings is 2. The summed E-state index contributed by atoms with van der Waals surface area (Å²) in [6.07, 6.45) is 3.22. The molecule has 6 nitrogen and oxygen atoms in total. The number of halogens is 2. The van der Waals surface area contributed by atoms with E-state index >= 15 is 0 Å². The number of amides is 1. The SMILES string of the molecule is O=C(NCc1ccncc1)c1c(O)c2cc(Br)cc(Br)c2[nH]c1=O. The molecule has 0 aliphatic rings. The molecule has 1 aromatic carbocycles. The molecule has 3 aromatic rings. The van der Waals surface area contributed by atoms with Gasteiger partial charge in [0.25, 0.3) is 11.5 Å². The number of hydrogen-bond donors (Lipinski definition) is 3. The summed E-state index contributed by atoms with van der Waals surface area (Å²) in [6.45, 7) is 0.223. The van der Waals surface area contributed by atoms with Gasteiger partial charge in [0.15, 0.2) is 0 Å². The van der Waals surface area contributed by atoms with Crippen LogP contribution in [0.2, 0.25) is 0 Å². The summed E-state index contributed by atoms with van der Waals surface area (Å²) >= 11 is 6.64. The summed E-state index contributed by atoms with van der Waals surface area (Å²) in [5.41, 5.74) is 0.281. The molecule has 0 unspecified atom stereocenters. The van der Waals surface area contributed by atoms with Crippen molar-refractivity contribution in [3.05, 3.63) is 67.1 Å². The van der Waals surface area contributed by atoms with Crippen molar-refractivity contribution in [1.82, 2.24) is 15.3 Å². The average Bonchev–Trinajstić information content (AvgIpc) is 2.55. The van der Waals surface area contributed by atoms with Crippen molar-refractivity contribution in [2.24, 2.45) is 0 Å². The molecular formula is C16H11Br2N3O3. The van der Waals surface area contributed by atoms with Gasteiger partial charge in [0, 0.05) is 33.3 Å². The number of aromatic hydroxyl groups is 1. The van der Waals surface area contributed by atoms with E-state index in [0.717, 1.165) is 5.56 Å². The number of aromatic nitrogens is 2. The van der Waals surface area contributed by atoms with E-state index in [2.05, 4.69) is 47.1 Å². The zero-order chi connectivity index (χ0) is 17.3. The second-order valence-corrected chi connectivity index (χ2v) is 6.80. The molecule has 0 fully saturated rings. The molecule has 3 rings (SSSR count). The molecule has 122 valence electrons. The number of carbonyl (C=O) groups excluding carboxylic acids is 1. The summed E-state index contributed by atoms with van der Waals surface area (Å²) in [4.78, 5) is 31.1. The monoisotopic (exact) mass is 451 g/mol. The van der Waals surface area contributed by atoms with E-state index < -0.39 is 11.5 Å². The van der Waals surface area contributed by atoms with Crippen LogP contribution in [0.25, 0.3) is 10.9 Å².